The molecule has 1 aromatic rings. The first-order valence-electron chi connectivity index (χ1n) is 4.61. The van der Waals surface area contributed by atoms with Crippen LogP contribution in [0.4, 0.5) is 16.0 Å². The lowest BCUT2D eigenvalue weighted by Crippen LogP contribution is -2.29. The fraction of sp³-hybridized carbons (Fsp3) is 0.500. The number of halogens is 1. The zero-order chi connectivity index (χ0) is 11.5. The van der Waals surface area contributed by atoms with Crippen LogP contribution in [0.25, 0.3) is 0 Å². The number of hydrogen-bond acceptors (Lipinski definition) is 6. The molecular weight excluding hydrogens is 219 g/mol. The van der Waals surface area contributed by atoms with E-state index >= 15 is 0 Å². The molecule has 2 rings (SSSR count). The number of nitro groups is 1. The van der Waals surface area contributed by atoms with Crippen molar-refractivity contribution in [1.82, 2.24) is 9.97 Å². The lowest BCUT2D eigenvalue weighted by Gasteiger charge is -2.11. The molecule has 0 spiro atoms. The van der Waals surface area contributed by atoms with Gasteiger partial charge in [0.2, 0.25) is 5.95 Å². The molecule has 1 saturated heterocycles. The third-order valence-electron chi connectivity index (χ3n) is 2.17. The monoisotopic (exact) mass is 228 g/mol. The Labute approximate surface area is 89.8 Å². The van der Waals surface area contributed by atoms with E-state index in [0.29, 0.717) is 0 Å². The van der Waals surface area contributed by atoms with Gasteiger partial charge in [-0.25, -0.2) is 14.4 Å². The Morgan fingerprint density at radius 1 is 1.50 bits per heavy atom. The number of alkyl halides is 1. The number of aromatic nitrogens is 2. The molecule has 1 N–H and O–H groups in total. The molecule has 1 aliphatic heterocycles. The van der Waals surface area contributed by atoms with Crippen LogP contribution >= 0.6 is 0 Å². The van der Waals surface area contributed by atoms with Gasteiger partial charge in [-0.3, -0.25) is 10.1 Å². The Bertz CT molecular complexity index is 385. The molecule has 7 nitrogen and oxygen atoms in total. The minimum atomic E-state index is -1.11. The largest absolute Gasteiger partial charge is 0.376 e. The summed E-state index contributed by atoms with van der Waals surface area (Å²) in [6.07, 6.45) is 1.02. The van der Waals surface area contributed by atoms with E-state index in [4.69, 9.17) is 4.74 Å². The second-order valence-corrected chi connectivity index (χ2v) is 3.33. The zero-order valence-electron chi connectivity index (χ0n) is 8.17. The Hall–Kier alpha value is -1.83. The number of hydrogen-bond donors (Lipinski definition) is 1. The van der Waals surface area contributed by atoms with Crippen LogP contribution in [0.1, 0.15) is 0 Å². The number of ether oxygens (including phenoxy) is 1. The fourth-order valence-corrected chi connectivity index (χ4v) is 1.32. The van der Waals surface area contributed by atoms with Gasteiger partial charge in [-0.05, 0) is 0 Å². The Balaban J connectivity index is 2.02. The van der Waals surface area contributed by atoms with E-state index in [-0.39, 0.29) is 24.8 Å². The smallest absolute Gasteiger partial charge is 0.305 e. The first-order valence-corrected chi connectivity index (χ1v) is 4.61. The van der Waals surface area contributed by atoms with Gasteiger partial charge in [0, 0.05) is 0 Å². The van der Waals surface area contributed by atoms with Gasteiger partial charge in [0.25, 0.3) is 0 Å². The van der Waals surface area contributed by atoms with Crippen molar-refractivity contribution in [1.29, 1.82) is 0 Å². The van der Waals surface area contributed by atoms with Crippen molar-refractivity contribution >= 4 is 11.6 Å². The van der Waals surface area contributed by atoms with Gasteiger partial charge in [-0.1, -0.05) is 0 Å². The van der Waals surface area contributed by atoms with E-state index < -0.39 is 17.1 Å². The highest BCUT2D eigenvalue weighted by molar-refractivity contribution is 5.32. The van der Waals surface area contributed by atoms with Gasteiger partial charge >= 0.3 is 5.69 Å². The molecule has 2 heterocycles. The van der Waals surface area contributed by atoms with Crippen molar-refractivity contribution in [3.8, 4) is 0 Å². The number of nitrogens with one attached hydrogen (secondary N) is 1. The van der Waals surface area contributed by atoms with Crippen LogP contribution in [0.5, 0.6) is 0 Å². The quantitative estimate of drug-likeness (QED) is 0.599. The predicted octanol–water partition coefficient (Wildman–Crippen LogP) is 0.534. The summed E-state index contributed by atoms with van der Waals surface area (Å²) in [7, 11) is 0. The Morgan fingerprint density at radius 3 is 2.69 bits per heavy atom. The number of anilines is 1. The SMILES string of the molecule is O=[N+]([O-])c1cnc(N[C@@H]2COC[C@H]2F)nc1. The molecular formula is C8H9FN4O3. The van der Waals surface area contributed by atoms with Crippen molar-refractivity contribution in [2.45, 2.75) is 12.2 Å². The molecule has 86 valence electrons. The molecule has 1 aliphatic rings. The maximum atomic E-state index is 13.1. The Morgan fingerprint density at radius 2 is 2.19 bits per heavy atom. The molecule has 0 saturated carbocycles. The summed E-state index contributed by atoms with van der Waals surface area (Å²) in [6.45, 7) is 0.284. The summed E-state index contributed by atoms with van der Waals surface area (Å²) in [5, 5.41) is 13.0. The van der Waals surface area contributed by atoms with E-state index in [9.17, 15) is 14.5 Å². The van der Waals surface area contributed by atoms with Crippen LogP contribution < -0.4 is 5.32 Å². The van der Waals surface area contributed by atoms with Gasteiger partial charge in [-0.2, -0.15) is 0 Å². The fourth-order valence-electron chi connectivity index (χ4n) is 1.32. The third-order valence-corrected chi connectivity index (χ3v) is 2.17. The number of nitrogens with zero attached hydrogens (tertiary/aromatic N) is 3. The average Bonchev–Trinajstić information content (AvgIpc) is 2.65. The van der Waals surface area contributed by atoms with E-state index in [1.165, 1.54) is 0 Å². The molecule has 0 radical (unpaired) electrons. The van der Waals surface area contributed by atoms with Gasteiger partial charge in [-0.15, -0.1) is 0 Å². The summed E-state index contributed by atoms with van der Waals surface area (Å²) in [5.74, 6) is 0.156. The standard InChI is InChI=1S/C8H9FN4O3/c9-6-3-16-4-7(6)12-8-10-1-5(2-11-8)13(14)15/h1-2,6-7H,3-4H2,(H,10,11,12)/t6-,7-/m1/s1. The average molecular weight is 228 g/mol. The molecule has 0 amide bonds. The van der Waals surface area contributed by atoms with E-state index in [1.807, 2.05) is 0 Å². The minimum Gasteiger partial charge on any atom is -0.376 e. The van der Waals surface area contributed by atoms with Crippen molar-refractivity contribution in [3.05, 3.63) is 22.5 Å². The molecule has 8 heteroatoms. The highest BCUT2D eigenvalue weighted by atomic mass is 19.1. The molecule has 0 bridgehead atoms. The highest BCUT2D eigenvalue weighted by Gasteiger charge is 2.28. The molecule has 1 fully saturated rings. The summed E-state index contributed by atoms with van der Waals surface area (Å²) >= 11 is 0. The summed E-state index contributed by atoms with van der Waals surface area (Å²) < 4.78 is 18.0. The second-order valence-electron chi connectivity index (χ2n) is 3.33. The van der Waals surface area contributed by atoms with Crippen LogP contribution in [0, 0.1) is 10.1 Å². The van der Waals surface area contributed by atoms with Crippen LogP contribution in [0.3, 0.4) is 0 Å². The predicted molar refractivity (Wildman–Crippen MR) is 51.8 cm³/mol. The van der Waals surface area contributed by atoms with E-state index in [0.717, 1.165) is 12.4 Å². The molecule has 2 atom stereocenters. The normalized spacial score (nSPS) is 24.3. The van der Waals surface area contributed by atoms with Crippen molar-refractivity contribution in [2.24, 2.45) is 0 Å². The third kappa shape index (κ3) is 2.22. The van der Waals surface area contributed by atoms with Crippen LogP contribution in [0.2, 0.25) is 0 Å². The van der Waals surface area contributed by atoms with Crippen molar-refractivity contribution < 1.29 is 14.1 Å². The lowest BCUT2D eigenvalue weighted by molar-refractivity contribution is -0.385. The molecule has 16 heavy (non-hydrogen) atoms. The van der Waals surface area contributed by atoms with Crippen LogP contribution in [-0.2, 0) is 4.74 Å². The first kappa shape index (κ1) is 10.7. The van der Waals surface area contributed by atoms with Crippen LogP contribution in [0.15, 0.2) is 12.4 Å². The van der Waals surface area contributed by atoms with E-state index in [2.05, 4.69) is 15.3 Å². The topological polar surface area (TPSA) is 90.2 Å². The second kappa shape index (κ2) is 4.35. The molecule has 1 aromatic heterocycles. The minimum absolute atomic E-state index is 0.0463. The van der Waals surface area contributed by atoms with Gasteiger partial charge in [0.05, 0.1) is 24.2 Å². The Kier molecular flexibility index (Phi) is 2.91. The molecule has 0 aromatic carbocycles. The maximum absolute atomic E-state index is 13.1. The maximum Gasteiger partial charge on any atom is 0.305 e. The van der Waals surface area contributed by atoms with Gasteiger partial charge in [0.1, 0.15) is 18.6 Å². The van der Waals surface area contributed by atoms with Crippen molar-refractivity contribution in [3.63, 3.8) is 0 Å². The molecule has 0 aliphatic carbocycles. The summed E-state index contributed by atoms with van der Waals surface area (Å²) in [5.41, 5.74) is -0.204. The van der Waals surface area contributed by atoms with Gasteiger partial charge in [0.15, 0.2) is 0 Å². The lowest BCUT2D eigenvalue weighted by atomic mass is 10.2. The zero-order valence-corrected chi connectivity index (χ0v) is 8.17. The van der Waals surface area contributed by atoms with Gasteiger partial charge < -0.3 is 10.1 Å². The summed E-state index contributed by atoms with van der Waals surface area (Å²) in [6, 6.07) is -0.499. The summed E-state index contributed by atoms with van der Waals surface area (Å²) in [4.78, 5) is 17.2. The van der Waals surface area contributed by atoms with Crippen LogP contribution in [-0.4, -0.2) is 40.3 Å². The van der Waals surface area contributed by atoms with Crippen molar-refractivity contribution in [2.75, 3.05) is 18.5 Å². The molecule has 0 unspecified atom stereocenters. The highest BCUT2D eigenvalue weighted by Crippen LogP contribution is 2.14. The first-order chi connectivity index (χ1) is 7.66. The number of rotatable bonds is 3. The van der Waals surface area contributed by atoms with E-state index in [1.54, 1.807) is 0 Å².